The average molecular weight is 275 g/mol. The van der Waals surface area contributed by atoms with Crippen molar-refractivity contribution in [3.63, 3.8) is 0 Å². The molecule has 1 amide bonds. The Morgan fingerprint density at radius 3 is 2.74 bits per heavy atom. The summed E-state index contributed by atoms with van der Waals surface area (Å²) in [5, 5.41) is 5.01. The molecule has 100 valence electrons. The Hall–Kier alpha value is -1.88. The zero-order chi connectivity index (χ0) is 13.8. The molecule has 0 aliphatic heterocycles. The van der Waals surface area contributed by atoms with Crippen molar-refractivity contribution in [1.29, 1.82) is 0 Å². The zero-order valence-electron chi connectivity index (χ0n) is 11.0. The lowest BCUT2D eigenvalue weighted by molar-refractivity contribution is 0.0922. The molecule has 0 radical (unpaired) electrons. The Labute approximate surface area is 116 Å². The van der Waals surface area contributed by atoms with E-state index in [9.17, 15) is 4.79 Å². The van der Waals surface area contributed by atoms with Gasteiger partial charge in [0.25, 0.3) is 5.91 Å². The number of carbonyl (C=O) groups is 1. The smallest absolute Gasteiger partial charge is 0.272 e. The van der Waals surface area contributed by atoms with Gasteiger partial charge in [-0.2, -0.15) is 0 Å². The lowest BCUT2D eigenvalue weighted by atomic mass is 10.0. The van der Waals surface area contributed by atoms with Crippen LogP contribution in [0.3, 0.4) is 0 Å². The van der Waals surface area contributed by atoms with Crippen molar-refractivity contribution in [2.45, 2.75) is 19.9 Å². The maximum atomic E-state index is 12.2. The quantitative estimate of drug-likeness (QED) is 0.901. The van der Waals surface area contributed by atoms with Gasteiger partial charge in [0, 0.05) is 11.1 Å². The minimum absolute atomic E-state index is 0.0195. The summed E-state index contributed by atoms with van der Waals surface area (Å²) in [6.07, 6.45) is 1.57. The van der Waals surface area contributed by atoms with Crippen molar-refractivity contribution >= 4 is 22.9 Å². The SMILES string of the molecule is CC(C)C(NC(=O)c1ncccc1N)c1cccs1. The minimum Gasteiger partial charge on any atom is -0.397 e. The number of amides is 1. The number of thiophene rings is 1. The number of nitrogens with two attached hydrogens (primary N) is 1. The summed E-state index contributed by atoms with van der Waals surface area (Å²) in [5.74, 6) is 0.0673. The van der Waals surface area contributed by atoms with E-state index in [4.69, 9.17) is 5.73 Å². The number of rotatable bonds is 4. The van der Waals surface area contributed by atoms with Crippen molar-refractivity contribution in [1.82, 2.24) is 10.3 Å². The first-order chi connectivity index (χ1) is 9.09. The van der Waals surface area contributed by atoms with Crippen LogP contribution in [0.15, 0.2) is 35.8 Å². The van der Waals surface area contributed by atoms with Crippen LogP contribution >= 0.6 is 11.3 Å². The number of aromatic nitrogens is 1. The van der Waals surface area contributed by atoms with E-state index in [1.807, 2.05) is 17.5 Å². The molecule has 2 heterocycles. The molecule has 0 saturated heterocycles. The van der Waals surface area contributed by atoms with Crippen LogP contribution in [-0.2, 0) is 0 Å². The fourth-order valence-corrected chi connectivity index (χ4v) is 2.80. The number of anilines is 1. The topological polar surface area (TPSA) is 68.0 Å². The summed E-state index contributed by atoms with van der Waals surface area (Å²) in [5.41, 5.74) is 6.45. The number of nitrogens with zero attached hydrogens (tertiary/aromatic N) is 1. The van der Waals surface area contributed by atoms with Gasteiger partial charge in [-0.15, -0.1) is 11.3 Å². The maximum Gasteiger partial charge on any atom is 0.272 e. The van der Waals surface area contributed by atoms with Gasteiger partial charge in [-0.05, 0) is 29.5 Å². The van der Waals surface area contributed by atoms with Gasteiger partial charge < -0.3 is 11.1 Å². The van der Waals surface area contributed by atoms with E-state index in [0.29, 0.717) is 11.6 Å². The highest BCUT2D eigenvalue weighted by Crippen LogP contribution is 2.26. The third-order valence-corrected chi connectivity index (χ3v) is 3.81. The molecule has 0 fully saturated rings. The molecule has 19 heavy (non-hydrogen) atoms. The highest BCUT2D eigenvalue weighted by molar-refractivity contribution is 7.10. The van der Waals surface area contributed by atoms with Gasteiger partial charge >= 0.3 is 0 Å². The van der Waals surface area contributed by atoms with Crippen LogP contribution in [-0.4, -0.2) is 10.9 Å². The molecule has 2 rings (SSSR count). The van der Waals surface area contributed by atoms with Gasteiger partial charge in [-0.1, -0.05) is 19.9 Å². The number of nitrogens with one attached hydrogen (secondary N) is 1. The first kappa shape index (κ1) is 13.5. The second kappa shape index (κ2) is 5.84. The van der Waals surface area contributed by atoms with Gasteiger partial charge in [0.05, 0.1) is 11.7 Å². The fourth-order valence-electron chi connectivity index (χ4n) is 1.85. The molecule has 0 aromatic carbocycles. The number of nitrogen functional groups attached to an aromatic ring is 1. The molecule has 3 N–H and O–H groups in total. The molecular formula is C14H17N3OS. The van der Waals surface area contributed by atoms with E-state index >= 15 is 0 Å². The Bertz CT molecular complexity index is 552. The second-order valence-corrected chi connectivity index (χ2v) is 5.63. The molecule has 1 atom stereocenters. The summed E-state index contributed by atoms with van der Waals surface area (Å²) in [6.45, 7) is 4.15. The molecule has 0 bridgehead atoms. The number of hydrogen-bond acceptors (Lipinski definition) is 4. The summed E-state index contributed by atoms with van der Waals surface area (Å²) in [6, 6.07) is 7.38. The number of pyridine rings is 1. The molecular weight excluding hydrogens is 258 g/mol. The summed E-state index contributed by atoms with van der Waals surface area (Å²) in [4.78, 5) is 17.4. The first-order valence-corrected chi connectivity index (χ1v) is 7.02. The Morgan fingerprint density at radius 2 is 2.16 bits per heavy atom. The van der Waals surface area contributed by atoms with Crippen LogP contribution in [0.5, 0.6) is 0 Å². The summed E-state index contributed by atoms with van der Waals surface area (Å²) >= 11 is 1.63. The highest BCUT2D eigenvalue weighted by Gasteiger charge is 2.21. The molecule has 0 saturated carbocycles. The third-order valence-electron chi connectivity index (χ3n) is 2.86. The first-order valence-electron chi connectivity index (χ1n) is 6.14. The Kier molecular flexibility index (Phi) is 4.16. The Morgan fingerprint density at radius 1 is 1.37 bits per heavy atom. The van der Waals surface area contributed by atoms with Crippen LogP contribution in [0.4, 0.5) is 5.69 Å². The van der Waals surface area contributed by atoms with Crippen molar-refractivity contribution in [3.8, 4) is 0 Å². The van der Waals surface area contributed by atoms with Crippen molar-refractivity contribution in [3.05, 3.63) is 46.4 Å². The lowest BCUT2D eigenvalue weighted by Crippen LogP contribution is -2.32. The van der Waals surface area contributed by atoms with E-state index in [0.717, 1.165) is 4.88 Å². The van der Waals surface area contributed by atoms with E-state index in [-0.39, 0.29) is 17.6 Å². The predicted molar refractivity (Wildman–Crippen MR) is 78.0 cm³/mol. The molecule has 2 aromatic rings. The van der Waals surface area contributed by atoms with Gasteiger partial charge in [0.1, 0.15) is 0 Å². The number of carbonyl (C=O) groups excluding carboxylic acids is 1. The van der Waals surface area contributed by atoms with Crippen LogP contribution in [0.1, 0.15) is 35.3 Å². The minimum atomic E-state index is -0.231. The predicted octanol–water partition coefficient (Wildman–Crippen LogP) is 2.85. The van der Waals surface area contributed by atoms with Crippen molar-refractivity contribution in [2.24, 2.45) is 5.92 Å². The Balaban J connectivity index is 2.19. The van der Waals surface area contributed by atoms with Crippen LogP contribution < -0.4 is 11.1 Å². The van der Waals surface area contributed by atoms with E-state index in [1.165, 1.54) is 0 Å². The van der Waals surface area contributed by atoms with E-state index in [2.05, 4.69) is 24.1 Å². The van der Waals surface area contributed by atoms with Gasteiger partial charge in [0.2, 0.25) is 0 Å². The molecule has 1 unspecified atom stereocenters. The van der Waals surface area contributed by atoms with Gasteiger partial charge in [-0.3, -0.25) is 4.79 Å². The highest BCUT2D eigenvalue weighted by atomic mass is 32.1. The molecule has 4 nitrogen and oxygen atoms in total. The van der Waals surface area contributed by atoms with E-state index in [1.54, 1.807) is 29.7 Å². The molecule has 0 aliphatic carbocycles. The summed E-state index contributed by atoms with van der Waals surface area (Å²) in [7, 11) is 0. The fraction of sp³-hybridized carbons (Fsp3) is 0.286. The van der Waals surface area contributed by atoms with E-state index < -0.39 is 0 Å². The van der Waals surface area contributed by atoms with Crippen molar-refractivity contribution < 1.29 is 4.79 Å². The number of hydrogen-bond donors (Lipinski definition) is 2. The second-order valence-electron chi connectivity index (χ2n) is 4.65. The molecule has 0 spiro atoms. The van der Waals surface area contributed by atoms with Gasteiger partial charge in [-0.25, -0.2) is 4.98 Å². The normalized spacial score (nSPS) is 12.4. The zero-order valence-corrected chi connectivity index (χ0v) is 11.8. The summed E-state index contributed by atoms with van der Waals surface area (Å²) < 4.78 is 0. The lowest BCUT2D eigenvalue weighted by Gasteiger charge is -2.21. The van der Waals surface area contributed by atoms with Crippen LogP contribution in [0.25, 0.3) is 0 Å². The maximum absolute atomic E-state index is 12.2. The average Bonchev–Trinajstić information content (AvgIpc) is 2.89. The molecule has 2 aromatic heterocycles. The van der Waals surface area contributed by atoms with Crippen LogP contribution in [0.2, 0.25) is 0 Å². The van der Waals surface area contributed by atoms with Crippen molar-refractivity contribution in [2.75, 3.05) is 5.73 Å². The standard InChI is InChI=1S/C14H17N3OS/c1-9(2)12(11-6-4-8-19-11)17-14(18)13-10(15)5-3-7-16-13/h3-9,12H,15H2,1-2H3,(H,17,18). The van der Waals surface area contributed by atoms with Gasteiger partial charge in [0.15, 0.2) is 5.69 Å². The third kappa shape index (κ3) is 3.12. The molecule has 5 heteroatoms. The monoisotopic (exact) mass is 275 g/mol. The van der Waals surface area contributed by atoms with Crippen LogP contribution in [0, 0.1) is 5.92 Å². The largest absolute Gasteiger partial charge is 0.397 e. The molecule has 0 aliphatic rings.